The van der Waals surface area contributed by atoms with Crippen molar-refractivity contribution in [2.24, 2.45) is 0 Å². The van der Waals surface area contributed by atoms with E-state index in [-0.39, 0.29) is 22.1 Å². The maximum absolute atomic E-state index is 14.2. The molecule has 1 aliphatic heterocycles. The maximum atomic E-state index is 14.2. The minimum atomic E-state index is -3.51. The number of ether oxygens (including phenoxy) is 1. The van der Waals surface area contributed by atoms with Crippen molar-refractivity contribution in [2.45, 2.75) is 18.4 Å². The molecule has 31 heavy (non-hydrogen) atoms. The summed E-state index contributed by atoms with van der Waals surface area (Å²) in [4.78, 5) is 10.4. The lowest BCUT2D eigenvalue weighted by molar-refractivity contribution is 0.433. The zero-order valence-corrected chi connectivity index (χ0v) is 17.7. The Bertz CT molecular complexity index is 1290. The van der Waals surface area contributed by atoms with Gasteiger partial charge in [-0.25, -0.2) is 27.2 Å². The first-order valence-corrected chi connectivity index (χ1v) is 11.1. The van der Waals surface area contributed by atoms with Gasteiger partial charge >= 0.3 is 0 Å². The third kappa shape index (κ3) is 4.13. The largest absolute Gasteiger partial charge is 0.454 e. The van der Waals surface area contributed by atoms with Gasteiger partial charge < -0.3 is 9.64 Å². The fraction of sp³-hybridized carbons (Fsp3) is 0.182. The zero-order valence-electron chi connectivity index (χ0n) is 16.8. The van der Waals surface area contributed by atoms with E-state index in [1.54, 1.807) is 13.1 Å². The van der Waals surface area contributed by atoms with Crippen molar-refractivity contribution >= 4 is 15.4 Å². The van der Waals surface area contributed by atoms with E-state index in [1.165, 1.54) is 30.6 Å². The number of nitrogens with zero attached hydrogens (tertiary/aromatic N) is 3. The standard InChI is InChI=1S/C22H19F2N3O3S/c1-3-31(28,29)16-5-7-20(30-21-6-4-15(23)8-19(21)24)17(9-16)18-12-27(2)11-14-10-25-13-26-22(14)18/h4-10,12-13H,3,11H2,1-2H3. The molecule has 0 saturated heterocycles. The SMILES string of the molecule is CCS(=O)(=O)c1ccc(Oc2ccc(F)cc2F)c(C2=CN(C)Cc3cncnc32)c1. The summed E-state index contributed by atoms with van der Waals surface area (Å²) < 4.78 is 58.3. The van der Waals surface area contributed by atoms with Crippen LogP contribution in [0.15, 0.2) is 60.0 Å². The number of sulfone groups is 1. The Morgan fingerprint density at radius 3 is 2.65 bits per heavy atom. The molecule has 0 spiro atoms. The van der Waals surface area contributed by atoms with Crippen molar-refractivity contribution in [1.82, 2.24) is 14.9 Å². The van der Waals surface area contributed by atoms with Crippen LogP contribution in [-0.2, 0) is 16.4 Å². The van der Waals surface area contributed by atoms with Crippen LogP contribution in [0.3, 0.4) is 0 Å². The average molecular weight is 443 g/mol. The number of benzene rings is 2. The van der Waals surface area contributed by atoms with Crippen molar-refractivity contribution in [3.8, 4) is 11.5 Å². The molecule has 0 fully saturated rings. The number of halogens is 2. The van der Waals surface area contributed by atoms with Crippen LogP contribution in [0.4, 0.5) is 8.78 Å². The number of fused-ring (bicyclic) bond motifs is 1. The van der Waals surface area contributed by atoms with Crippen LogP contribution in [0.25, 0.3) is 5.57 Å². The van der Waals surface area contributed by atoms with Crippen LogP contribution in [-0.4, -0.2) is 36.1 Å². The highest BCUT2D eigenvalue weighted by molar-refractivity contribution is 7.91. The van der Waals surface area contributed by atoms with Gasteiger partial charge in [-0.1, -0.05) is 6.92 Å². The van der Waals surface area contributed by atoms with Crippen LogP contribution in [0.1, 0.15) is 23.7 Å². The minimum Gasteiger partial charge on any atom is -0.454 e. The fourth-order valence-electron chi connectivity index (χ4n) is 3.35. The molecule has 6 nitrogen and oxygen atoms in total. The number of hydrogen-bond acceptors (Lipinski definition) is 6. The lowest BCUT2D eigenvalue weighted by atomic mass is 9.96. The topological polar surface area (TPSA) is 72.4 Å². The van der Waals surface area contributed by atoms with Crippen LogP contribution in [0.2, 0.25) is 0 Å². The predicted molar refractivity (Wildman–Crippen MR) is 111 cm³/mol. The molecule has 0 atom stereocenters. The monoisotopic (exact) mass is 443 g/mol. The van der Waals surface area contributed by atoms with Crippen LogP contribution in [0.5, 0.6) is 11.5 Å². The fourth-order valence-corrected chi connectivity index (χ4v) is 4.26. The van der Waals surface area contributed by atoms with Crippen LogP contribution in [0, 0.1) is 11.6 Å². The second-order valence-electron chi connectivity index (χ2n) is 7.09. The summed E-state index contributed by atoms with van der Waals surface area (Å²) in [6.45, 7) is 2.14. The molecular formula is C22H19F2N3O3S. The molecular weight excluding hydrogens is 424 g/mol. The van der Waals surface area contributed by atoms with E-state index in [1.807, 2.05) is 18.1 Å². The Labute approximate surface area is 178 Å². The Morgan fingerprint density at radius 2 is 1.90 bits per heavy atom. The molecule has 1 aromatic heterocycles. The summed E-state index contributed by atoms with van der Waals surface area (Å²) in [5.41, 5.74) is 2.51. The summed E-state index contributed by atoms with van der Waals surface area (Å²) in [5.74, 6) is -1.63. The molecule has 3 aromatic rings. The zero-order chi connectivity index (χ0) is 22.2. The maximum Gasteiger partial charge on any atom is 0.178 e. The Kier molecular flexibility index (Phi) is 5.45. The lowest BCUT2D eigenvalue weighted by Gasteiger charge is -2.25. The van der Waals surface area contributed by atoms with Crippen LogP contribution >= 0.6 is 0 Å². The highest BCUT2D eigenvalue weighted by Gasteiger charge is 2.24. The number of rotatable bonds is 5. The van der Waals surface area contributed by atoms with Gasteiger partial charge in [0, 0.05) is 48.8 Å². The van der Waals surface area contributed by atoms with Crippen molar-refractivity contribution in [1.29, 1.82) is 0 Å². The number of hydrogen-bond donors (Lipinski definition) is 0. The summed E-state index contributed by atoms with van der Waals surface area (Å²) >= 11 is 0. The molecule has 160 valence electrons. The van der Waals surface area contributed by atoms with Gasteiger partial charge in [-0.2, -0.15) is 0 Å². The molecule has 4 rings (SSSR count). The normalized spacial score (nSPS) is 13.5. The molecule has 0 radical (unpaired) electrons. The predicted octanol–water partition coefficient (Wildman–Crippen LogP) is 4.18. The molecule has 0 bridgehead atoms. The van der Waals surface area contributed by atoms with E-state index in [4.69, 9.17) is 4.74 Å². The summed E-state index contributed by atoms with van der Waals surface area (Å²) in [6.07, 6.45) is 4.92. The van der Waals surface area contributed by atoms with Gasteiger partial charge in [0.1, 0.15) is 17.9 Å². The molecule has 0 amide bonds. The van der Waals surface area contributed by atoms with E-state index in [0.29, 0.717) is 23.4 Å². The Morgan fingerprint density at radius 1 is 1.13 bits per heavy atom. The number of aromatic nitrogens is 2. The van der Waals surface area contributed by atoms with E-state index >= 15 is 0 Å². The van der Waals surface area contributed by atoms with E-state index in [9.17, 15) is 17.2 Å². The van der Waals surface area contributed by atoms with Crippen molar-refractivity contribution in [3.05, 3.63) is 83.6 Å². The Balaban J connectivity index is 1.91. The molecule has 1 aliphatic rings. The van der Waals surface area contributed by atoms with E-state index in [0.717, 1.165) is 17.7 Å². The second-order valence-corrected chi connectivity index (χ2v) is 9.37. The summed E-state index contributed by atoms with van der Waals surface area (Å²) in [7, 11) is -1.64. The van der Waals surface area contributed by atoms with Gasteiger partial charge in [-0.05, 0) is 30.3 Å². The quantitative estimate of drug-likeness (QED) is 0.589. The summed E-state index contributed by atoms with van der Waals surface area (Å²) in [5, 5.41) is 0. The third-order valence-corrected chi connectivity index (χ3v) is 6.64. The lowest BCUT2D eigenvalue weighted by Crippen LogP contribution is -2.19. The first-order valence-electron chi connectivity index (χ1n) is 9.50. The molecule has 0 N–H and O–H groups in total. The minimum absolute atomic E-state index is 0.0725. The van der Waals surface area contributed by atoms with Gasteiger partial charge in [0.25, 0.3) is 0 Å². The van der Waals surface area contributed by atoms with Crippen molar-refractivity contribution in [3.63, 3.8) is 0 Å². The van der Waals surface area contributed by atoms with Gasteiger partial charge in [-0.3, -0.25) is 0 Å². The molecule has 0 saturated carbocycles. The molecule has 0 unspecified atom stereocenters. The second kappa shape index (κ2) is 8.07. The molecule has 2 heterocycles. The van der Waals surface area contributed by atoms with Gasteiger partial charge in [0.2, 0.25) is 0 Å². The van der Waals surface area contributed by atoms with Gasteiger partial charge in [0.05, 0.1) is 16.3 Å². The first-order chi connectivity index (χ1) is 14.8. The van der Waals surface area contributed by atoms with E-state index in [2.05, 4.69) is 9.97 Å². The van der Waals surface area contributed by atoms with Gasteiger partial charge in [0.15, 0.2) is 21.4 Å². The first kappa shape index (κ1) is 20.9. The van der Waals surface area contributed by atoms with E-state index < -0.39 is 21.5 Å². The van der Waals surface area contributed by atoms with Crippen LogP contribution < -0.4 is 4.74 Å². The highest BCUT2D eigenvalue weighted by atomic mass is 32.2. The molecule has 0 aliphatic carbocycles. The van der Waals surface area contributed by atoms with Crippen molar-refractivity contribution < 1.29 is 21.9 Å². The molecule has 2 aromatic carbocycles. The third-order valence-electron chi connectivity index (χ3n) is 4.91. The smallest absolute Gasteiger partial charge is 0.178 e. The summed E-state index contributed by atoms with van der Waals surface area (Å²) in [6, 6.07) is 7.37. The Hall–Kier alpha value is -3.33. The highest BCUT2D eigenvalue weighted by Crippen LogP contribution is 2.38. The molecule has 9 heteroatoms. The average Bonchev–Trinajstić information content (AvgIpc) is 2.75. The van der Waals surface area contributed by atoms with Gasteiger partial charge in [-0.15, -0.1) is 0 Å². The van der Waals surface area contributed by atoms with Crippen molar-refractivity contribution in [2.75, 3.05) is 12.8 Å².